The number of nitrogen functional groups attached to an aromatic ring is 1. The van der Waals surface area contributed by atoms with Crippen molar-refractivity contribution in [2.45, 2.75) is 11.8 Å². The number of hydrogen-bond donors (Lipinski definition) is 2. The van der Waals surface area contributed by atoms with Crippen LogP contribution in [0.3, 0.4) is 0 Å². The van der Waals surface area contributed by atoms with E-state index in [4.69, 9.17) is 17.3 Å². The Balaban J connectivity index is 2.35. The quantitative estimate of drug-likeness (QED) is 0.855. The van der Waals surface area contributed by atoms with E-state index in [0.29, 0.717) is 5.69 Å². The Hall–Kier alpha value is -1.79. The molecule has 7 heteroatoms. The lowest BCUT2D eigenvalue weighted by Crippen LogP contribution is -2.13. The number of benzene rings is 2. The maximum Gasteiger partial charge on any atom is 0.261 e. The van der Waals surface area contributed by atoms with E-state index in [1.54, 1.807) is 13.0 Å². The molecule has 0 aliphatic heterocycles. The molecular weight excluding hydrogens is 303 g/mol. The summed E-state index contributed by atoms with van der Waals surface area (Å²) in [6.45, 7) is 1.78. The number of nitrogens with one attached hydrogen (secondary N) is 1. The van der Waals surface area contributed by atoms with Gasteiger partial charge in [0, 0.05) is 5.69 Å². The first kappa shape index (κ1) is 14.6. The van der Waals surface area contributed by atoms with Gasteiger partial charge in [-0.1, -0.05) is 17.7 Å². The molecule has 2 rings (SSSR count). The Morgan fingerprint density at radius 1 is 1.20 bits per heavy atom. The minimum absolute atomic E-state index is 0.0287. The highest BCUT2D eigenvalue weighted by molar-refractivity contribution is 7.92. The fraction of sp³-hybridized carbons (Fsp3) is 0.0769. The topological polar surface area (TPSA) is 72.2 Å². The first-order valence-corrected chi connectivity index (χ1v) is 7.50. The minimum Gasteiger partial charge on any atom is -0.398 e. The second-order valence-corrected chi connectivity index (χ2v) is 6.34. The van der Waals surface area contributed by atoms with Crippen molar-refractivity contribution in [2.75, 3.05) is 10.5 Å². The van der Waals surface area contributed by atoms with Crippen molar-refractivity contribution in [1.82, 2.24) is 0 Å². The van der Waals surface area contributed by atoms with Gasteiger partial charge < -0.3 is 5.73 Å². The van der Waals surface area contributed by atoms with Crippen LogP contribution >= 0.6 is 11.6 Å². The molecule has 0 saturated carbocycles. The molecule has 0 saturated heterocycles. The summed E-state index contributed by atoms with van der Waals surface area (Å²) in [6.07, 6.45) is 0. The van der Waals surface area contributed by atoms with Crippen LogP contribution in [0, 0.1) is 12.7 Å². The van der Waals surface area contributed by atoms with Crippen molar-refractivity contribution in [3.8, 4) is 0 Å². The molecule has 0 atom stereocenters. The number of hydrogen-bond acceptors (Lipinski definition) is 3. The van der Waals surface area contributed by atoms with Crippen molar-refractivity contribution in [3.05, 3.63) is 52.8 Å². The van der Waals surface area contributed by atoms with Crippen LogP contribution < -0.4 is 10.5 Å². The van der Waals surface area contributed by atoms with Crippen LogP contribution in [0.25, 0.3) is 0 Å². The van der Waals surface area contributed by atoms with Crippen LogP contribution in [0.5, 0.6) is 0 Å². The third-order valence-electron chi connectivity index (χ3n) is 2.73. The standard InChI is InChI=1S/C13H12ClFN2O2S/c1-8-2-4-10(7-13(8)16)20(18,19)17-9-3-5-12(15)11(14)6-9/h2-7,17H,16H2,1H3. The highest BCUT2D eigenvalue weighted by atomic mass is 35.5. The molecule has 0 fully saturated rings. The van der Waals surface area contributed by atoms with E-state index in [-0.39, 0.29) is 15.6 Å². The number of anilines is 2. The summed E-state index contributed by atoms with van der Waals surface area (Å²) in [5.74, 6) is -0.616. The van der Waals surface area contributed by atoms with Gasteiger partial charge in [0.15, 0.2) is 0 Å². The van der Waals surface area contributed by atoms with Gasteiger partial charge in [0.25, 0.3) is 10.0 Å². The Kier molecular flexibility index (Phi) is 3.87. The summed E-state index contributed by atoms with van der Waals surface area (Å²) in [7, 11) is -3.79. The van der Waals surface area contributed by atoms with Crippen molar-refractivity contribution >= 4 is 33.0 Å². The van der Waals surface area contributed by atoms with Crippen LogP contribution in [-0.4, -0.2) is 8.42 Å². The molecule has 0 heterocycles. The van der Waals surface area contributed by atoms with Crippen molar-refractivity contribution in [2.24, 2.45) is 0 Å². The molecule has 0 aliphatic carbocycles. The Bertz CT molecular complexity index is 763. The smallest absolute Gasteiger partial charge is 0.261 e. The summed E-state index contributed by atoms with van der Waals surface area (Å²) >= 11 is 5.60. The molecule has 4 nitrogen and oxygen atoms in total. The van der Waals surface area contributed by atoms with Gasteiger partial charge in [-0.25, -0.2) is 12.8 Å². The van der Waals surface area contributed by atoms with Crippen LogP contribution in [0.4, 0.5) is 15.8 Å². The largest absolute Gasteiger partial charge is 0.398 e. The summed E-state index contributed by atoms with van der Waals surface area (Å²) in [5.41, 5.74) is 7.03. The highest BCUT2D eigenvalue weighted by Gasteiger charge is 2.15. The number of rotatable bonds is 3. The fourth-order valence-corrected chi connectivity index (χ4v) is 2.82. The predicted molar refractivity (Wildman–Crippen MR) is 77.8 cm³/mol. The van der Waals surface area contributed by atoms with Gasteiger partial charge in [0.1, 0.15) is 5.82 Å². The molecule has 0 radical (unpaired) electrons. The third kappa shape index (κ3) is 3.02. The second-order valence-electron chi connectivity index (χ2n) is 4.25. The molecule has 0 spiro atoms. The van der Waals surface area contributed by atoms with Gasteiger partial charge in [-0.2, -0.15) is 0 Å². The van der Waals surface area contributed by atoms with Crippen LogP contribution in [0.15, 0.2) is 41.3 Å². The summed E-state index contributed by atoms with van der Waals surface area (Å²) in [4.78, 5) is 0.0287. The molecule has 0 unspecified atom stereocenters. The molecule has 0 aromatic heterocycles. The maximum absolute atomic E-state index is 13.0. The molecule has 3 N–H and O–H groups in total. The Labute approximate surface area is 121 Å². The number of sulfonamides is 1. The summed E-state index contributed by atoms with van der Waals surface area (Å²) in [5, 5.41) is -0.159. The Morgan fingerprint density at radius 2 is 1.90 bits per heavy atom. The first-order valence-electron chi connectivity index (χ1n) is 5.63. The minimum atomic E-state index is -3.79. The zero-order valence-corrected chi connectivity index (χ0v) is 12.1. The second kappa shape index (κ2) is 5.30. The number of halogens is 2. The average Bonchev–Trinajstić information content (AvgIpc) is 2.37. The van der Waals surface area contributed by atoms with Crippen LogP contribution in [-0.2, 0) is 10.0 Å². The molecule has 2 aromatic rings. The molecule has 2 aromatic carbocycles. The molecule has 0 bridgehead atoms. The van der Waals surface area contributed by atoms with Crippen LogP contribution in [0.2, 0.25) is 5.02 Å². The SMILES string of the molecule is Cc1ccc(S(=O)(=O)Nc2ccc(F)c(Cl)c2)cc1N. The van der Waals surface area contributed by atoms with Crippen molar-refractivity contribution in [3.63, 3.8) is 0 Å². The van der Waals surface area contributed by atoms with Crippen molar-refractivity contribution in [1.29, 1.82) is 0 Å². The van der Waals surface area contributed by atoms with E-state index in [0.717, 1.165) is 11.6 Å². The molecule has 0 amide bonds. The number of aryl methyl sites for hydroxylation is 1. The highest BCUT2D eigenvalue weighted by Crippen LogP contribution is 2.23. The molecule has 106 valence electrons. The normalized spacial score (nSPS) is 11.3. The molecule has 20 heavy (non-hydrogen) atoms. The summed E-state index contributed by atoms with van der Waals surface area (Å²) < 4.78 is 39.7. The van der Waals surface area contributed by atoms with E-state index in [1.807, 2.05) is 0 Å². The van der Waals surface area contributed by atoms with E-state index in [2.05, 4.69) is 4.72 Å². The maximum atomic E-state index is 13.0. The molecule has 0 aliphatic rings. The van der Waals surface area contributed by atoms with Gasteiger partial charge >= 0.3 is 0 Å². The zero-order chi connectivity index (χ0) is 14.9. The van der Waals surface area contributed by atoms with E-state index in [9.17, 15) is 12.8 Å². The zero-order valence-electron chi connectivity index (χ0n) is 10.5. The lowest BCUT2D eigenvalue weighted by molar-refractivity contribution is 0.601. The monoisotopic (exact) mass is 314 g/mol. The Morgan fingerprint density at radius 3 is 2.50 bits per heavy atom. The van der Waals surface area contributed by atoms with E-state index >= 15 is 0 Å². The van der Waals surface area contributed by atoms with Gasteiger partial charge in [-0.3, -0.25) is 4.72 Å². The fourth-order valence-electron chi connectivity index (χ4n) is 1.56. The third-order valence-corrected chi connectivity index (χ3v) is 4.40. The molecular formula is C13H12ClFN2O2S. The lowest BCUT2D eigenvalue weighted by atomic mass is 10.2. The van der Waals surface area contributed by atoms with Crippen LogP contribution in [0.1, 0.15) is 5.56 Å². The van der Waals surface area contributed by atoms with Crippen molar-refractivity contribution < 1.29 is 12.8 Å². The number of nitrogens with two attached hydrogens (primary N) is 1. The average molecular weight is 315 g/mol. The summed E-state index contributed by atoms with van der Waals surface area (Å²) in [6, 6.07) is 8.00. The van der Waals surface area contributed by atoms with Gasteiger partial charge in [-0.15, -0.1) is 0 Å². The van der Waals surface area contributed by atoms with E-state index in [1.165, 1.54) is 24.3 Å². The van der Waals surface area contributed by atoms with Gasteiger partial charge in [0.05, 0.1) is 15.6 Å². The first-order chi connectivity index (χ1) is 9.29. The predicted octanol–water partition coefficient (Wildman–Crippen LogP) is 3.17. The van der Waals surface area contributed by atoms with Gasteiger partial charge in [0.2, 0.25) is 0 Å². The van der Waals surface area contributed by atoms with Gasteiger partial charge in [-0.05, 0) is 42.8 Å². The van der Waals surface area contributed by atoms with E-state index < -0.39 is 15.8 Å². The lowest BCUT2D eigenvalue weighted by Gasteiger charge is -2.10.